The number of hydrogen-bond donors (Lipinski definition) is 3. The molecule has 0 saturated carbocycles. The van der Waals surface area contributed by atoms with E-state index in [4.69, 9.17) is 4.74 Å². The van der Waals surface area contributed by atoms with Gasteiger partial charge in [-0.05, 0) is 20.8 Å². The number of carbonyl (C=O) groups is 3. The van der Waals surface area contributed by atoms with E-state index in [1.54, 1.807) is 0 Å². The van der Waals surface area contributed by atoms with Gasteiger partial charge in [0.1, 0.15) is 5.52 Å². The lowest BCUT2D eigenvalue weighted by Crippen LogP contribution is -2.82. The number of imidazole rings is 1. The van der Waals surface area contributed by atoms with Gasteiger partial charge in [0.05, 0.1) is 18.5 Å². The number of benzene rings is 1. The number of rotatable bonds is 4. The van der Waals surface area contributed by atoms with E-state index >= 15 is 0 Å². The van der Waals surface area contributed by atoms with Gasteiger partial charge in [-0.25, -0.2) is 18.2 Å². The predicted molar refractivity (Wildman–Crippen MR) is 91.5 cm³/mol. The first kappa shape index (κ1) is 22.0. The molecule has 12 heteroatoms. The van der Waals surface area contributed by atoms with Gasteiger partial charge in [-0.2, -0.15) is 0 Å². The summed E-state index contributed by atoms with van der Waals surface area (Å²) < 4.78 is 47.6. The maximum atomic E-state index is 14.5. The molecule has 30 heavy (non-hydrogen) atoms. The highest BCUT2D eigenvalue weighted by Crippen LogP contribution is 2.48. The number of fused-ring (bicyclic) bond motifs is 1. The summed E-state index contributed by atoms with van der Waals surface area (Å²) in [6, 6.07) is 0.545. The molecule has 0 amide bonds. The van der Waals surface area contributed by atoms with Crippen LogP contribution in [0.3, 0.4) is 0 Å². The van der Waals surface area contributed by atoms with Crippen molar-refractivity contribution in [2.45, 2.75) is 43.8 Å². The second-order valence-electron chi connectivity index (χ2n) is 7.17. The van der Waals surface area contributed by atoms with Crippen LogP contribution in [0.1, 0.15) is 27.0 Å². The van der Waals surface area contributed by atoms with Crippen molar-refractivity contribution in [2.24, 2.45) is 0 Å². The van der Waals surface area contributed by atoms with Crippen molar-refractivity contribution in [3.05, 3.63) is 29.8 Å². The van der Waals surface area contributed by atoms with Crippen LogP contribution in [0.15, 0.2) is 12.4 Å². The average molecular weight is 430 g/mol. The van der Waals surface area contributed by atoms with Gasteiger partial charge in [-0.1, -0.05) is 0 Å². The predicted octanol–water partition coefficient (Wildman–Crippen LogP) is -0.0573. The summed E-state index contributed by atoms with van der Waals surface area (Å²) >= 11 is 0. The zero-order valence-corrected chi connectivity index (χ0v) is 15.9. The minimum absolute atomic E-state index is 0.431. The Morgan fingerprint density at radius 1 is 1.07 bits per heavy atom. The molecule has 3 rings (SSSR count). The van der Waals surface area contributed by atoms with Crippen LogP contribution in [0.4, 0.5) is 13.2 Å². The molecule has 0 aliphatic carbocycles. The molecule has 1 saturated heterocycles. The molecule has 162 valence electrons. The minimum atomic E-state index is -3.42. The van der Waals surface area contributed by atoms with Crippen molar-refractivity contribution < 1.29 is 47.6 Å². The molecule has 2 heterocycles. The lowest BCUT2D eigenvalue weighted by Gasteiger charge is -2.54. The van der Waals surface area contributed by atoms with Gasteiger partial charge in [0.2, 0.25) is 11.2 Å². The summed E-state index contributed by atoms with van der Waals surface area (Å²) in [5, 5.41) is 33.1. The van der Waals surface area contributed by atoms with Crippen LogP contribution in [0.25, 0.3) is 11.0 Å². The average Bonchev–Trinajstić information content (AvgIpc) is 3.07. The number of aromatic nitrogens is 2. The first-order valence-corrected chi connectivity index (χ1v) is 8.57. The van der Waals surface area contributed by atoms with Crippen LogP contribution in [0.2, 0.25) is 0 Å². The second-order valence-corrected chi connectivity index (χ2v) is 7.17. The van der Waals surface area contributed by atoms with Crippen molar-refractivity contribution in [3.8, 4) is 0 Å². The molecule has 4 atom stereocenters. The largest absolute Gasteiger partial charge is 0.376 e. The molecule has 3 N–H and O–H groups in total. The molecule has 1 aliphatic rings. The highest BCUT2D eigenvalue weighted by Gasteiger charge is 2.75. The number of Topliss-reactive ketones (excluding diaryl/α,β-unsaturated/α-hetero) is 3. The van der Waals surface area contributed by atoms with Crippen LogP contribution in [0.5, 0.6) is 0 Å². The Hall–Kier alpha value is -2.67. The summed E-state index contributed by atoms with van der Waals surface area (Å²) in [5.41, 5.74) is -11.0. The summed E-state index contributed by atoms with van der Waals surface area (Å²) in [6.07, 6.45) is -1.39. The number of ketones is 3. The maximum Gasteiger partial charge on any atom is 0.207 e. The number of ether oxygens (including phenoxy) is 1. The first-order chi connectivity index (χ1) is 13.7. The molecule has 0 spiro atoms. The van der Waals surface area contributed by atoms with Gasteiger partial charge in [-0.3, -0.25) is 19.0 Å². The van der Waals surface area contributed by atoms with E-state index in [2.05, 4.69) is 4.98 Å². The highest BCUT2D eigenvalue weighted by atomic mass is 19.2. The molecule has 1 aliphatic heterocycles. The van der Waals surface area contributed by atoms with Crippen molar-refractivity contribution in [2.75, 3.05) is 6.61 Å². The molecule has 1 aromatic carbocycles. The van der Waals surface area contributed by atoms with Crippen molar-refractivity contribution >= 4 is 28.4 Å². The second kappa shape index (κ2) is 6.67. The Morgan fingerprint density at radius 3 is 2.17 bits per heavy atom. The third kappa shape index (κ3) is 2.44. The lowest BCUT2D eigenvalue weighted by molar-refractivity contribution is -0.310. The van der Waals surface area contributed by atoms with E-state index < -0.39 is 75.5 Å². The number of carbonyl (C=O) groups excluding carboxylic acids is 3. The van der Waals surface area contributed by atoms with Crippen LogP contribution < -0.4 is 0 Å². The Kier molecular flexibility index (Phi) is 4.90. The number of hydrogen-bond acceptors (Lipinski definition) is 8. The molecule has 2 aromatic rings. The molecular weight excluding hydrogens is 413 g/mol. The van der Waals surface area contributed by atoms with Crippen molar-refractivity contribution in [1.29, 1.82) is 0 Å². The van der Waals surface area contributed by atoms with E-state index in [1.807, 2.05) is 0 Å². The molecule has 1 aromatic heterocycles. The Morgan fingerprint density at radius 2 is 1.67 bits per heavy atom. The molecule has 0 radical (unpaired) electrons. The van der Waals surface area contributed by atoms with Crippen molar-refractivity contribution in [3.63, 3.8) is 0 Å². The number of halogens is 3. The fourth-order valence-corrected chi connectivity index (χ4v) is 3.82. The van der Waals surface area contributed by atoms with E-state index in [9.17, 15) is 42.9 Å². The number of aliphatic hydroxyl groups is 3. The Labute approximate surface area is 166 Å². The Balaban J connectivity index is 2.37. The van der Waals surface area contributed by atoms with Gasteiger partial charge in [0, 0.05) is 6.07 Å². The smallest absolute Gasteiger partial charge is 0.207 e. The minimum Gasteiger partial charge on any atom is -0.376 e. The zero-order chi connectivity index (χ0) is 22.8. The van der Waals surface area contributed by atoms with Gasteiger partial charge in [-0.15, -0.1) is 0 Å². The van der Waals surface area contributed by atoms with Crippen molar-refractivity contribution in [1.82, 2.24) is 9.55 Å². The molecule has 9 nitrogen and oxygen atoms in total. The normalized spacial score (nSPS) is 31.7. The quantitative estimate of drug-likeness (QED) is 0.574. The zero-order valence-electron chi connectivity index (χ0n) is 15.9. The SMILES string of the molecule is CC(=O)[C@@]1(O)[C@@](O)(C(C)=O)CO[C@@H](n2cnc3cc(F)c(F)c(F)c32)[C@@]1(O)C(C)=O. The summed E-state index contributed by atoms with van der Waals surface area (Å²) in [5.74, 6) is -9.08. The van der Waals surface area contributed by atoms with Gasteiger partial charge in [0.15, 0.2) is 46.6 Å². The maximum absolute atomic E-state index is 14.5. The molecular formula is C18H17F3N2O7. The van der Waals surface area contributed by atoms with Crippen LogP contribution in [-0.4, -0.2) is 65.6 Å². The fraction of sp³-hybridized carbons (Fsp3) is 0.444. The monoisotopic (exact) mass is 430 g/mol. The topological polar surface area (TPSA) is 139 Å². The lowest BCUT2D eigenvalue weighted by atomic mass is 9.63. The third-order valence-corrected chi connectivity index (χ3v) is 5.53. The van der Waals surface area contributed by atoms with Gasteiger partial charge < -0.3 is 20.1 Å². The van der Waals surface area contributed by atoms with E-state index in [-0.39, 0.29) is 0 Å². The third-order valence-electron chi connectivity index (χ3n) is 5.53. The standard InChI is InChI=1S/C18H17F3N2O7/c1-7(24)16(27)5-30-15(17(28,8(2)25)18(16,29)9(3)26)23-6-22-11-4-10(19)12(20)13(21)14(11)23/h4,6,15,27-29H,5H2,1-3H3/t15-,16+,17+,18-/m1/s1. The molecule has 1 fully saturated rings. The summed E-state index contributed by atoms with van der Waals surface area (Å²) in [6.45, 7) is 1.14. The van der Waals surface area contributed by atoms with E-state index in [1.165, 1.54) is 0 Å². The summed E-state index contributed by atoms with van der Waals surface area (Å²) in [4.78, 5) is 40.6. The van der Waals surface area contributed by atoms with Crippen LogP contribution in [-0.2, 0) is 19.1 Å². The first-order valence-electron chi connectivity index (χ1n) is 8.57. The molecule has 0 unspecified atom stereocenters. The van der Waals surface area contributed by atoms with Gasteiger partial charge >= 0.3 is 0 Å². The van der Waals surface area contributed by atoms with E-state index in [0.29, 0.717) is 17.6 Å². The van der Waals surface area contributed by atoms with Crippen LogP contribution in [0, 0.1) is 17.5 Å². The fourth-order valence-electron chi connectivity index (χ4n) is 3.82. The van der Waals surface area contributed by atoms with Gasteiger partial charge in [0.25, 0.3) is 0 Å². The number of nitrogens with zero attached hydrogens (tertiary/aromatic N) is 2. The van der Waals surface area contributed by atoms with Crippen LogP contribution >= 0.6 is 0 Å². The molecule has 0 bridgehead atoms. The highest BCUT2D eigenvalue weighted by molar-refractivity contribution is 6.05. The van der Waals surface area contributed by atoms with E-state index in [0.717, 1.165) is 20.2 Å². The summed E-state index contributed by atoms with van der Waals surface area (Å²) in [7, 11) is 0. The Bertz CT molecular complexity index is 1100.